The zero-order valence-electron chi connectivity index (χ0n) is 16.8. The number of ether oxygens (including phenoxy) is 1. The van der Waals surface area contributed by atoms with Gasteiger partial charge in [0.25, 0.3) is 0 Å². The number of imidazole rings is 1. The summed E-state index contributed by atoms with van der Waals surface area (Å²) in [6.07, 6.45) is 4.89. The van der Waals surface area contributed by atoms with Crippen molar-refractivity contribution in [2.24, 2.45) is 0 Å². The van der Waals surface area contributed by atoms with Gasteiger partial charge in [0.05, 0.1) is 5.69 Å². The third kappa shape index (κ3) is 5.52. The molecule has 0 saturated heterocycles. The molecule has 0 amide bonds. The molecule has 0 aliphatic carbocycles. The van der Waals surface area contributed by atoms with Crippen molar-refractivity contribution in [2.75, 3.05) is 0 Å². The minimum Gasteiger partial charge on any atom is -0.443 e. The fourth-order valence-corrected chi connectivity index (χ4v) is 2.75. The number of benzene rings is 1. The third-order valence-electron chi connectivity index (χ3n) is 4.14. The first-order valence-electron chi connectivity index (χ1n) is 9.43. The molecule has 7 nitrogen and oxygen atoms in total. The molecule has 0 saturated carbocycles. The Morgan fingerprint density at radius 1 is 1.21 bits per heavy atom. The highest BCUT2D eigenvalue weighted by Crippen LogP contribution is 2.19. The Morgan fingerprint density at radius 3 is 2.68 bits per heavy atom. The first-order chi connectivity index (χ1) is 13.3. The van der Waals surface area contributed by atoms with Crippen LogP contribution < -0.4 is 0 Å². The normalized spacial score (nSPS) is 12.7. The van der Waals surface area contributed by atoms with Crippen LogP contribution in [0.3, 0.4) is 0 Å². The van der Waals surface area contributed by atoms with Crippen molar-refractivity contribution in [3.8, 4) is 0 Å². The van der Waals surface area contributed by atoms with Crippen molar-refractivity contribution >= 4 is 6.09 Å². The van der Waals surface area contributed by atoms with E-state index in [1.54, 1.807) is 6.20 Å². The van der Waals surface area contributed by atoms with E-state index in [2.05, 4.69) is 27.3 Å². The van der Waals surface area contributed by atoms with E-state index >= 15 is 0 Å². The molecular weight excluding hydrogens is 356 g/mol. The van der Waals surface area contributed by atoms with Crippen LogP contribution in [0, 0.1) is 0 Å². The maximum Gasteiger partial charge on any atom is 0.419 e. The monoisotopic (exact) mass is 382 g/mol. The van der Waals surface area contributed by atoms with Crippen molar-refractivity contribution < 1.29 is 14.1 Å². The predicted molar refractivity (Wildman–Crippen MR) is 104 cm³/mol. The summed E-state index contributed by atoms with van der Waals surface area (Å²) < 4.78 is 12.1. The highest BCUT2D eigenvalue weighted by atomic mass is 16.6. The first kappa shape index (κ1) is 19.8. The Morgan fingerprint density at radius 2 is 1.96 bits per heavy atom. The zero-order valence-corrected chi connectivity index (χ0v) is 16.8. The Labute approximate surface area is 164 Å². The van der Waals surface area contributed by atoms with Gasteiger partial charge in [-0.25, -0.2) is 14.3 Å². The molecule has 0 spiro atoms. The van der Waals surface area contributed by atoms with Gasteiger partial charge >= 0.3 is 6.09 Å². The molecule has 2 heterocycles. The number of hydrogen-bond acceptors (Lipinski definition) is 6. The van der Waals surface area contributed by atoms with Crippen molar-refractivity contribution in [1.82, 2.24) is 19.7 Å². The summed E-state index contributed by atoms with van der Waals surface area (Å²) in [7, 11) is 0. The molecule has 0 aliphatic rings. The van der Waals surface area contributed by atoms with E-state index in [4.69, 9.17) is 9.26 Å². The van der Waals surface area contributed by atoms with E-state index in [1.807, 2.05) is 45.9 Å². The molecule has 0 N–H and O–H groups in total. The SMILES string of the molecule is C[C@@H](Cc1cn(C(=O)OC(C)(C)C)cn1)c1nc(CCc2ccccc2)no1. The minimum absolute atomic E-state index is 0.0000354. The lowest BCUT2D eigenvalue weighted by Crippen LogP contribution is -2.26. The minimum atomic E-state index is -0.547. The highest BCUT2D eigenvalue weighted by Gasteiger charge is 2.20. The lowest BCUT2D eigenvalue weighted by molar-refractivity contribution is 0.0536. The molecule has 0 unspecified atom stereocenters. The van der Waals surface area contributed by atoms with Gasteiger partial charge in [-0.15, -0.1) is 0 Å². The van der Waals surface area contributed by atoms with Gasteiger partial charge in [0.15, 0.2) is 5.82 Å². The van der Waals surface area contributed by atoms with Crippen LogP contribution in [0.2, 0.25) is 0 Å². The van der Waals surface area contributed by atoms with Gasteiger partial charge in [-0.2, -0.15) is 4.98 Å². The average molecular weight is 382 g/mol. The van der Waals surface area contributed by atoms with Crippen LogP contribution in [-0.2, 0) is 24.0 Å². The Hall–Kier alpha value is -2.96. The summed E-state index contributed by atoms with van der Waals surface area (Å²) in [6.45, 7) is 7.49. The summed E-state index contributed by atoms with van der Waals surface area (Å²) in [6, 6.07) is 10.2. The average Bonchev–Trinajstić information content (AvgIpc) is 3.29. The van der Waals surface area contributed by atoms with Crippen molar-refractivity contribution in [3.63, 3.8) is 0 Å². The van der Waals surface area contributed by atoms with E-state index in [-0.39, 0.29) is 5.92 Å². The second-order valence-electron chi connectivity index (χ2n) is 7.89. The van der Waals surface area contributed by atoms with Gasteiger partial charge in [-0.1, -0.05) is 42.4 Å². The quantitative estimate of drug-likeness (QED) is 0.636. The molecule has 1 aromatic carbocycles. The molecule has 0 fully saturated rings. The van der Waals surface area contributed by atoms with Gasteiger partial charge in [0, 0.05) is 25.0 Å². The topological polar surface area (TPSA) is 83.0 Å². The summed E-state index contributed by atoms with van der Waals surface area (Å²) >= 11 is 0. The standard InChI is InChI=1S/C21H26N4O3/c1-15(12-17-13-25(14-22-17)20(26)27-21(2,3)4)19-23-18(24-28-19)11-10-16-8-6-5-7-9-16/h5-9,13-15H,10-12H2,1-4H3/t15-/m0/s1. The molecule has 3 rings (SSSR count). The first-order valence-corrected chi connectivity index (χ1v) is 9.43. The van der Waals surface area contributed by atoms with Gasteiger partial charge in [-0.05, 0) is 32.8 Å². The van der Waals surface area contributed by atoms with E-state index in [0.29, 0.717) is 18.1 Å². The van der Waals surface area contributed by atoms with E-state index in [0.717, 1.165) is 18.5 Å². The van der Waals surface area contributed by atoms with Gasteiger partial charge in [0.2, 0.25) is 5.89 Å². The number of rotatable bonds is 6. The number of aromatic nitrogens is 4. The number of carbonyl (C=O) groups excluding carboxylic acids is 1. The van der Waals surface area contributed by atoms with E-state index < -0.39 is 11.7 Å². The smallest absolute Gasteiger partial charge is 0.419 e. The molecule has 7 heteroatoms. The van der Waals surface area contributed by atoms with Gasteiger partial charge in [-0.3, -0.25) is 0 Å². The van der Waals surface area contributed by atoms with Crippen molar-refractivity contribution in [2.45, 2.75) is 58.5 Å². The van der Waals surface area contributed by atoms with Crippen LogP contribution >= 0.6 is 0 Å². The maximum absolute atomic E-state index is 12.1. The summed E-state index contributed by atoms with van der Waals surface area (Å²) in [5.74, 6) is 1.28. The number of nitrogens with zero attached hydrogens (tertiary/aromatic N) is 4. The molecule has 2 aromatic heterocycles. The second-order valence-corrected chi connectivity index (χ2v) is 7.89. The lowest BCUT2D eigenvalue weighted by atomic mass is 10.1. The van der Waals surface area contributed by atoms with Crippen LogP contribution in [0.4, 0.5) is 4.79 Å². The Kier molecular flexibility index (Phi) is 5.92. The number of aryl methyl sites for hydroxylation is 2. The van der Waals surface area contributed by atoms with Crippen LogP contribution in [0.5, 0.6) is 0 Å². The Bertz CT molecular complexity index is 909. The molecule has 0 aliphatic heterocycles. The summed E-state index contributed by atoms with van der Waals surface area (Å²) in [5, 5.41) is 4.08. The fourth-order valence-electron chi connectivity index (χ4n) is 2.75. The van der Waals surface area contributed by atoms with Crippen molar-refractivity contribution in [3.05, 3.63) is 65.8 Å². The van der Waals surface area contributed by atoms with E-state index in [1.165, 1.54) is 16.5 Å². The molecule has 148 valence electrons. The zero-order chi connectivity index (χ0) is 20.1. The largest absolute Gasteiger partial charge is 0.443 e. The van der Waals surface area contributed by atoms with Crippen molar-refractivity contribution in [1.29, 1.82) is 0 Å². The third-order valence-corrected chi connectivity index (χ3v) is 4.14. The molecule has 0 bridgehead atoms. The van der Waals surface area contributed by atoms with Crippen LogP contribution in [-0.4, -0.2) is 31.4 Å². The van der Waals surface area contributed by atoms with Gasteiger partial charge in [0.1, 0.15) is 11.9 Å². The molecule has 28 heavy (non-hydrogen) atoms. The van der Waals surface area contributed by atoms with Crippen LogP contribution in [0.25, 0.3) is 0 Å². The fraction of sp³-hybridized carbons (Fsp3) is 0.429. The van der Waals surface area contributed by atoms with Crippen LogP contribution in [0.1, 0.15) is 56.6 Å². The Balaban J connectivity index is 1.56. The molecule has 1 atom stereocenters. The molecular formula is C21H26N4O3. The number of carbonyl (C=O) groups is 1. The second kappa shape index (κ2) is 8.37. The predicted octanol–water partition coefficient (Wildman–Crippen LogP) is 4.18. The highest BCUT2D eigenvalue weighted by molar-refractivity contribution is 5.70. The summed E-state index contributed by atoms with van der Waals surface area (Å²) in [4.78, 5) is 20.9. The van der Waals surface area contributed by atoms with Crippen LogP contribution in [0.15, 0.2) is 47.4 Å². The molecule has 3 aromatic rings. The lowest BCUT2D eigenvalue weighted by Gasteiger charge is -2.19. The molecule has 0 radical (unpaired) electrons. The maximum atomic E-state index is 12.1. The number of hydrogen-bond donors (Lipinski definition) is 0. The van der Waals surface area contributed by atoms with E-state index in [9.17, 15) is 4.79 Å². The van der Waals surface area contributed by atoms with Gasteiger partial charge < -0.3 is 9.26 Å². The summed E-state index contributed by atoms with van der Waals surface area (Å²) in [5.41, 5.74) is 1.46.